The minimum atomic E-state index is -0.774. The predicted octanol–water partition coefficient (Wildman–Crippen LogP) is 1.50. The van der Waals surface area contributed by atoms with E-state index in [0.717, 1.165) is 25.7 Å². The fourth-order valence-electron chi connectivity index (χ4n) is 3.15. The van der Waals surface area contributed by atoms with Crippen molar-refractivity contribution in [1.29, 1.82) is 0 Å². The third-order valence-electron chi connectivity index (χ3n) is 5.09. The lowest BCUT2D eigenvalue weighted by Gasteiger charge is -2.40. The molecule has 1 aliphatic heterocycles. The largest absolute Gasteiger partial charge is 0.455 e. The monoisotopic (exact) mass is 312 g/mol. The number of ether oxygens (including phenoxy) is 2. The van der Waals surface area contributed by atoms with Crippen LogP contribution < -0.4 is 5.43 Å². The third kappa shape index (κ3) is 4.43. The Morgan fingerprint density at radius 1 is 1.32 bits per heavy atom. The summed E-state index contributed by atoms with van der Waals surface area (Å²) in [5.41, 5.74) is 2.78. The molecule has 2 fully saturated rings. The van der Waals surface area contributed by atoms with Gasteiger partial charge in [0.1, 0.15) is 6.10 Å². The zero-order valence-electron chi connectivity index (χ0n) is 13.9. The molecule has 6 heteroatoms. The highest BCUT2D eigenvalue weighted by molar-refractivity contribution is 6.32. The van der Waals surface area contributed by atoms with Gasteiger partial charge < -0.3 is 9.47 Å². The topological polar surface area (TPSA) is 67.9 Å². The number of hydrogen-bond acceptors (Lipinski definition) is 5. The van der Waals surface area contributed by atoms with Crippen molar-refractivity contribution >= 4 is 11.9 Å². The molecule has 2 unspecified atom stereocenters. The molecule has 22 heavy (non-hydrogen) atoms. The maximum absolute atomic E-state index is 12.0. The lowest BCUT2D eigenvalue weighted by Crippen LogP contribution is -2.51. The minimum absolute atomic E-state index is 0.149. The summed E-state index contributed by atoms with van der Waals surface area (Å²) < 4.78 is 10.6. The van der Waals surface area contributed by atoms with Gasteiger partial charge in [0, 0.05) is 13.1 Å². The Morgan fingerprint density at radius 3 is 2.64 bits per heavy atom. The summed E-state index contributed by atoms with van der Waals surface area (Å²) in [6.45, 7) is 8.95. The van der Waals surface area contributed by atoms with E-state index in [1.54, 1.807) is 5.01 Å². The Kier molecular flexibility index (Phi) is 5.81. The van der Waals surface area contributed by atoms with E-state index in [4.69, 9.17) is 9.47 Å². The van der Waals surface area contributed by atoms with E-state index in [1.807, 2.05) is 0 Å². The molecule has 1 saturated heterocycles. The van der Waals surface area contributed by atoms with Gasteiger partial charge in [-0.3, -0.25) is 10.2 Å². The van der Waals surface area contributed by atoms with Gasteiger partial charge >= 0.3 is 11.9 Å². The maximum atomic E-state index is 12.0. The van der Waals surface area contributed by atoms with E-state index >= 15 is 0 Å². The van der Waals surface area contributed by atoms with Gasteiger partial charge in [0.05, 0.1) is 13.2 Å². The van der Waals surface area contributed by atoms with Crippen molar-refractivity contribution < 1.29 is 19.1 Å². The number of nitrogens with zero attached hydrogens (tertiary/aromatic N) is 1. The molecule has 0 radical (unpaired) electrons. The number of esters is 1. The summed E-state index contributed by atoms with van der Waals surface area (Å²) in [5.74, 6) is -0.917. The van der Waals surface area contributed by atoms with Gasteiger partial charge in [0.2, 0.25) is 0 Å². The van der Waals surface area contributed by atoms with E-state index < -0.39 is 11.9 Å². The van der Waals surface area contributed by atoms with Gasteiger partial charge in [-0.1, -0.05) is 20.8 Å². The van der Waals surface area contributed by atoms with Gasteiger partial charge in [0.25, 0.3) is 0 Å². The maximum Gasteiger partial charge on any atom is 0.398 e. The van der Waals surface area contributed by atoms with Gasteiger partial charge in [0.15, 0.2) is 0 Å². The molecule has 126 valence electrons. The molecule has 1 N–H and O–H groups in total. The number of carbonyl (C=O) groups is 2. The highest BCUT2D eigenvalue weighted by Crippen LogP contribution is 2.42. The highest BCUT2D eigenvalue weighted by Gasteiger charge is 2.37. The second kappa shape index (κ2) is 7.42. The summed E-state index contributed by atoms with van der Waals surface area (Å²) in [6.07, 6.45) is 3.72. The van der Waals surface area contributed by atoms with E-state index in [2.05, 4.69) is 26.2 Å². The second-order valence-corrected chi connectivity index (χ2v) is 6.97. The van der Waals surface area contributed by atoms with Gasteiger partial charge in [-0.05, 0) is 37.0 Å². The van der Waals surface area contributed by atoms with Gasteiger partial charge in [-0.2, -0.15) is 0 Å². The number of amides is 1. The van der Waals surface area contributed by atoms with Crippen LogP contribution in [0, 0.1) is 11.3 Å². The average Bonchev–Trinajstić information content (AvgIpc) is 2.48. The molecule has 1 amide bonds. The van der Waals surface area contributed by atoms with Crippen LogP contribution in [0.4, 0.5) is 0 Å². The molecule has 1 aliphatic carbocycles. The molecule has 0 aromatic heterocycles. The lowest BCUT2D eigenvalue weighted by atomic mass is 9.67. The van der Waals surface area contributed by atoms with E-state index in [1.165, 1.54) is 0 Å². The van der Waals surface area contributed by atoms with Crippen LogP contribution in [0.2, 0.25) is 0 Å². The standard InChI is InChI=1S/C16H28N2O4/c1-12(2)16(3)6-4-5-13(11-16)22-15(20)14(19)17-18-7-9-21-10-8-18/h12-13H,4-11H2,1-3H3,(H,17,19). The first-order valence-corrected chi connectivity index (χ1v) is 8.25. The normalized spacial score (nSPS) is 30.1. The quantitative estimate of drug-likeness (QED) is 0.632. The molecule has 0 spiro atoms. The van der Waals surface area contributed by atoms with Gasteiger partial charge in [-0.15, -0.1) is 0 Å². The van der Waals surface area contributed by atoms with Gasteiger partial charge in [-0.25, -0.2) is 9.80 Å². The predicted molar refractivity (Wildman–Crippen MR) is 81.8 cm³/mol. The summed E-state index contributed by atoms with van der Waals surface area (Å²) in [7, 11) is 0. The molecule has 0 aromatic rings. The number of hydrogen-bond donors (Lipinski definition) is 1. The van der Waals surface area contributed by atoms with Crippen molar-refractivity contribution in [3.8, 4) is 0 Å². The van der Waals surface area contributed by atoms with E-state index in [-0.39, 0.29) is 11.5 Å². The Hall–Kier alpha value is -1.14. The Balaban J connectivity index is 1.81. The number of carbonyl (C=O) groups excluding carboxylic acids is 2. The van der Waals surface area contributed by atoms with Crippen molar-refractivity contribution in [2.24, 2.45) is 11.3 Å². The number of rotatable bonds is 3. The number of morpholine rings is 1. The Labute approximate surface area is 132 Å². The first-order chi connectivity index (χ1) is 10.4. The van der Waals surface area contributed by atoms with Crippen molar-refractivity contribution in [2.75, 3.05) is 26.3 Å². The SMILES string of the molecule is CC(C)C1(C)CCCC(OC(=O)C(=O)NN2CCOCC2)C1. The van der Waals surface area contributed by atoms with Crippen molar-refractivity contribution in [1.82, 2.24) is 10.4 Å². The lowest BCUT2D eigenvalue weighted by molar-refractivity contribution is -0.164. The molecule has 6 nitrogen and oxygen atoms in total. The van der Waals surface area contributed by atoms with Crippen LogP contribution in [0.5, 0.6) is 0 Å². The fraction of sp³-hybridized carbons (Fsp3) is 0.875. The van der Waals surface area contributed by atoms with Crippen LogP contribution in [0.1, 0.15) is 46.5 Å². The van der Waals surface area contributed by atoms with Crippen molar-refractivity contribution in [3.63, 3.8) is 0 Å². The summed E-state index contributed by atoms with van der Waals surface area (Å²) in [6, 6.07) is 0. The third-order valence-corrected chi connectivity index (χ3v) is 5.09. The van der Waals surface area contributed by atoms with Crippen molar-refractivity contribution in [3.05, 3.63) is 0 Å². The fourth-order valence-corrected chi connectivity index (χ4v) is 3.15. The van der Waals surface area contributed by atoms with Crippen LogP contribution in [-0.4, -0.2) is 49.3 Å². The number of nitrogens with one attached hydrogen (secondary N) is 1. The molecule has 2 atom stereocenters. The molecule has 2 rings (SSSR count). The molecule has 0 bridgehead atoms. The first-order valence-electron chi connectivity index (χ1n) is 8.25. The molecule has 1 saturated carbocycles. The average molecular weight is 312 g/mol. The Morgan fingerprint density at radius 2 is 2.00 bits per heavy atom. The van der Waals surface area contributed by atoms with Crippen molar-refractivity contribution in [2.45, 2.75) is 52.6 Å². The van der Waals surface area contributed by atoms with Crippen LogP contribution in [-0.2, 0) is 19.1 Å². The van der Waals surface area contributed by atoms with E-state index in [9.17, 15) is 9.59 Å². The van der Waals surface area contributed by atoms with Crippen LogP contribution in [0.25, 0.3) is 0 Å². The van der Waals surface area contributed by atoms with Crippen LogP contribution in [0.3, 0.4) is 0 Å². The number of hydrazine groups is 1. The molecule has 2 aliphatic rings. The molecular weight excluding hydrogens is 284 g/mol. The molecule has 0 aromatic carbocycles. The highest BCUT2D eigenvalue weighted by atomic mass is 16.5. The summed E-state index contributed by atoms with van der Waals surface area (Å²) in [5, 5.41) is 1.70. The smallest absolute Gasteiger partial charge is 0.398 e. The van der Waals surface area contributed by atoms with Crippen LogP contribution >= 0.6 is 0 Å². The summed E-state index contributed by atoms with van der Waals surface area (Å²) in [4.78, 5) is 23.9. The van der Waals surface area contributed by atoms with Crippen LogP contribution in [0.15, 0.2) is 0 Å². The zero-order valence-corrected chi connectivity index (χ0v) is 13.9. The zero-order chi connectivity index (χ0) is 16.2. The molecule has 1 heterocycles. The second-order valence-electron chi connectivity index (χ2n) is 6.97. The minimum Gasteiger partial charge on any atom is -0.455 e. The first kappa shape index (κ1) is 17.2. The Bertz CT molecular complexity index is 407. The summed E-state index contributed by atoms with van der Waals surface area (Å²) >= 11 is 0. The van der Waals surface area contributed by atoms with E-state index in [0.29, 0.717) is 32.2 Å². The molecular formula is C16H28N2O4.